The van der Waals surface area contributed by atoms with Gasteiger partial charge in [0.25, 0.3) is 0 Å². The van der Waals surface area contributed by atoms with Gasteiger partial charge < -0.3 is 14.8 Å². The molecule has 1 aliphatic heterocycles. The highest BCUT2D eigenvalue weighted by Crippen LogP contribution is 2.28. The third-order valence-corrected chi connectivity index (χ3v) is 4.51. The van der Waals surface area contributed by atoms with Crippen LogP contribution >= 0.6 is 0 Å². The van der Waals surface area contributed by atoms with Crippen LogP contribution in [0.5, 0.6) is 0 Å². The number of carbonyl (C=O) groups excluding carboxylic acids is 1. The maximum atomic E-state index is 12.5. The maximum absolute atomic E-state index is 12.5. The number of amides is 1. The van der Waals surface area contributed by atoms with Crippen molar-refractivity contribution in [2.24, 2.45) is 5.92 Å². The molecule has 1 amide bonds. The van der Waals surface area contributed by atoms with Crippen LogP contribution in [0.15, 0.2) is 0 Å². The number of likely N-dealkylation sites (tertiary alicyclic amines) is 1. The van der Waals surface area contributed by atoms with Gasteiger partial charge in [-0.1, -0.05) is 0 Å². The van der Waals surface area contributed by atoms with Crippen molar-refractivity contribution in [2.75, 3.05) is 33.4 Å². The fourth-order valence-electron chi connectivity index (χ4n) is 3.38. The molecule has 1 heterocycles. The average molecular weight is 338 g/mol. The van der Waals surface area contributed by atoms with E-state index < -0.39 is 18.6 Å². The van der Waals surface area contributed by atoms with Crippen LogP contribution in [0.25, 0.3) is 0 Å². The number of piperidine rings is 1. The van der Waals surface area contributed by atoms with Crippen molar-refractivity contribution in [1.82, 2.24) is 10.2 Å². The Hall–Kier alpha value is -0.860. The first kappa shape index (κ1) is 18.5. The van der Waals surface area contributed by atoms with E-state index >= 15 is 0 Å². The first-order valence-electron chi connectivity index (χ1n) is 8.08. The summed E-state index contributed by atoms with van der Waals surface area (Å²) in [7, 11) is 1.57. The molecule has 1 N–H and O–H groups in total. The molecule has 0 radical (unpaired) electrons. The van der Waals surface area contributed by atoms with E-state index in [0.29, 0.717) is 32.4 Å². The SMILES string of the molecule is CCO[C@@H]1C[C@H](NC(=O)[C@H]2CCCN(CC(F)(F)F)C2)[C@@H]1OC. The third kappa shape index (κ3) is 5.06. The summed E-state index contributed by atoms with van der Waals surface area (Å²) in [5.74, 6) is -0.575. The van der Waals surface area contributed by atoms with E-state index in [-0.39, 0.29) is 30.7 Å². The Balaban J connectivity index is 1.81. The molecule has 0 unspecified atom stereocenters. The molecule has 0 aromatic heterocycles. The average Bonchev–Trinajstić information content (AvgIpc) is 2.44. The number of nitrogens with one attached hydrogen (secondary N) is 1. The molecule has 0 aromatic carbocycles. The molecular weight excluding hydrogens is 313 g/mol. The number of carbonyl (C=O) groups is 1. The zero-order chi connectivity index (χ0) is 17.0. The van der Waals surface area contributed by atoms with Crippen molar-refractivity contribution >= 4 is 5.91 Å². The van der Waals surface area contributed by atoms with Crippen LogP contribution in [-0.2, 0) is 14.3 Å². The molecule has 2 fully saturated rings. The predicted molar refractivity (Wildman–Crippen MR) is 78.0 cm³/mol. The van der Waals surface area contributed by atoms with Crippen LogP contribution in [0.1, 0.15) is 26.2 Å². The summed E-state index contributed by atoms with van der Waals surface area (Å²) >= 11 is 0. The molecule has 23 heavy (non-hydrogen) atoms. The van der Waals surface area contributed by atoms with Crippen molar-refractivity contribution in [3.05, 3.63) is 0 Å². The van der Waals surface area contributed by atoms with Gasteiger partial charge in [0.15, 0.2) is 0 Å². The minimum absolute atomic E-state index is 0.0246. The second-order valence-corrected chi connectivity index (χ2v) is 6.23. The predicted octanol–water partition coefficient (Wildman–Crippen LogP) is 1.57. The number of alkyl halides is 3. The lowest BCUT2D eigenvalue weighted by molar-refractivity contribution is -0.155. The van der Waals surface area contributed by atoms with E-state index in [9.17, 15) is 18.0 Å². The second kappa shape index (κ2) is 7.81. The van der Waals surface area contributed by atoms with Crippen molar-refractivity contribution in [3.63, 3.8) is 0 Å². The van der Waals surface area contributed by atoms with Crippen molar-refractivity contribution in [2.45, 2.75) is 50.6 Å². The largest absolute Gasteiger partial charge is 0.401 e. The summed E-state index contributed by atoms with van der Waals surface area (Å²) in [6.07, 6.45) is -2.53. The van der Waals surface area contributed by atoms with Gasteiger partial charge in [-0.3, -0.25) is 9.69 Å². The fourth-order valence-corrected chi connectivity index (χ4v) is 3.38. The summed E-state index contributed by atoms with van der Waals surface area (Å²) < 4.78 is 48.3. The zero-order valence-corrected chi connectivity index (χ0v) is 13.6. The quantitative estimate of drug-likeness (QED) is 0.799. The molecule has 2 aliphatic rings. The van der Waals surface area contributed by atoms with Crippen LogP contribution in [0.2, 0.25) is 0 Å². The molecule has 0 bridgehead atoms. The molecule has 5 nitrogen and oxygen atoms in total. The first-order chi connectivity index (χ1) is 10.8. The van der Waals surface area contributed by atoms with E-state index in [1.165, 1.54) is 4.90 Å². The summed E-state index contributed by atoms with van der Waals surface area (Å²) in [4.78, 5) is 13.6. The van der Waals surface area contributed by atoms with E-state index in [2.05, 4.69) is 5.32 Å². The molecule has 0 aromatic rings. The highest BCUT2D eigenvalue weighted by Gasteiger charge is 2.44. The topological polar surface area (TPSA) is 50.8 Å². The number of halogens is 3. The van der Waals surface area contributed by atoms with Crippen LogP contribution in [-0.4, -0.2) is 68.6 Å². The van der Waals surface area contributed by atoms with Crippen molar-refractivity contribution < 1.29 is 27.4 Å². The van der Waals surface area contributed by atoms with Gasteiger partial charge in [0.05, 0.1) is 24.6 Å². The maximum Gasteiger partial charge on any atom is 0.401 e. The first-order valence-corrected chi connectivity index (χ1v) is 8.08. The van der Waals surface area contributed by atoms with Gasteiger partial charge in [0, 0.05) is 20.3 Å². The van der Waals surface area contributed by atoms with Crippen LogP contribution < -0.4 is 5.32 Å². The van der Waals surface area contributed by atoms with Gasteiger partial charge in [-0.05, 0) is 32.7 Å². The number of hydrogen-bond acceptors (Lipinski definition) is 4. The summed E-state index contributed by atoms with van der Waals surface area (Å²) in [5.41, 5.74) is 0. The van der Waals surface area contributed by atoms with Crippen LogP contribution in [0, 0.1) is 5.92 Å². The van der Waals surface area contributed by atoms with Crippen LogP contribution in [0.4, 0.5) is 13.2 Å². The van der Waals surface area contributed by atoms with Gasteiger partial charge in [-0.2, -0.15) is 13.2 Å². The molecule has 4 atom stereocenters. The Morgan fingerprint density at radius 2 is 2.13 bits per heavy atom. The van der Waals surface area contributed by atoms with E-state index in [1.807, 2.05) is 6.92 Å². The Bertz CT molecular complexity index is 406. The molecule has 0 spiro atoms. The summed E-state index contributed by atoms with van der Waals surface area (Å²) in [6.45, 7) is 2.08. The Kier molecular flexibility index (Phi) is 6.27. The normalized spacial score (nSPS) is 32.4. The van der Waals surface area contributed by atoms with Gasteiger partial charge in [0.2, 0.25) is 5.91 Å². The Morgan fingerprint density at radius 3 is 2.74 bits per heavy atom. The molecular formula is C15H25F3N2O3. The van der Waals surface area contributed by atoms with E-state index in [4.69, 9.17) is 9.47 Å². The molecule has 8 heteroatoms. The second-order valence-electron chi connectivity index (χ2n) is 6.23. The Labute approximate surface area is 134 Å². The highest BCUT2D eigenvalue weighted by atomic mass is 19.4. The number of rotatable bonds is 6. The smallest absolute Gasteiger partial charge is 0.377 e. The van der Waals surface area contributed by atoms with E-state index in [0.717, 1.165) is 0 Å². The molecule has 1 saturated heterocycles. The molecule has 2 rings (SSSR count). The van der Waals surface area contributed by atoms with Crippen molar-refractivity contribution in [1.29, 1.82) is 0 Å². The number of ether oxygens (including phenoxy) is 2. The fraction of sp³-hybridized carbons (Fsp3) is 0.933. The number of hydrogen-bond donors (Lipinski definition) is 1. The minimum atomic E-state index is -4.22. The summed E-state index contributed by atoms with van der Waals surface area (Å²) in [6, 6.07) is -0.123. The number of nitrogens with zero attached hydrogens (tertiary/aromatic N) is 1. The van der Waals surface area contributed by atoms with Crippen molar-refractivity contribution in [3.8, 4) is 0 Å². The standard InChI is InChI=1S/C15H25F3N2O3/c1-3-23-12-7-11(13(12)22-2)19-14(21)10-5-4-6-20(8-10)9-15(16,17)18/h10-13H,3-9H2,1-2H3,(H,19,21)/t10-,11-,12+,13-/m0/s1. The third-order valence-electron chi connectivity index (χ3n) is 4.51. The van der Waals surface area contributed by atoms with Gasteiger partial charge in [0.1, 0.15) is 6.10 Å². The summed E-state index contributed by atoms with van der Waals surface area (Å²) in [5, 5.41) is 2.91. The van der Waals surface area contributed by atoms with Gasteiger partial charge >= 0.3 is 6.18 Å². The lowest BCUT2D eigenvalue weighted by Gasteiger charge is -2.44. The zero-order valence-electron chi connectivity index (χ0n) is 13.6. The minimum Gasteiger partial charge on any atom is -0.377 e. The lowest BCUT2D eigenvalue weighted by atomic mass is 9.84. The van der Waals surface area contributed by atoms with Crippen LogP contribution in [0.3, 0.4) is 0 Å². The van der Waals surface area contributed by atoms with Gasteiger partial charge in [-0.25, -0.2) is 0 Å². The monoisotopic (exact) mass is 338 g/mol. The Morgan fingerprint density at radius 1 is 1.39 bits per heavy atom. The number of methoxy groups -OCH3 is 1. The molecule has 134 valence electrons. The highest BCUT2D eigenvalue weighted by molar-refractivity contribution is 5.79. The lowest BCUT2D eigenvalue weighted by Crippen LogP contribution is -2.62. The van der Waals surface area contributed by atoms with E-state index in [1.54, 1.807) is 7.11 Å². The molecule has 1 saturated carbocycles. The molecule has 1 aliphatic carbocycles. The van der Waals surface area contributed by atoms with Gasteiger partial charge in [-0.15, -0.1) is 0 Å².